The second kappa shape index (κ2) is 8.57. The van der Waals surface area contributed by atoms with Crippen LogP contribution in [-0.2, 0) is 0 Å². The maximum atomic E-state index is 11.7. The highest BCUT2D eigenvalue weighted by Crippen LogP contribution is 2.48. The van der Waals surface area contributed by atoms with Crippen LogP contribution in [0.1, 0.15) is 62.7 Å². The molecule has 0 amide bonds. The van der Waals surface area contributed by atoms with Crippen LogP contribution in [0.15, 0.2) is 52.3 Å². The average Bonchev–Trinajstić information content (AvgIpc) is 2.63. The number of Topliss-reactive ketones (excluding diaryl/α,β-unsaturated/α-hetero) is 1. The van der Waals surface area contributed by atoms with E-state index in [1.807, 2.05) is 12.1 Å². The number of para-hydroxylation sites is 1. The molecule has 1 heterocycles. The van der Waals surface area contributed by atoms with Gasteiger partial charge in [0.1, 0.15) is 0 Å². The van der Waals surface area contributed by atoms with Crippen LogP contribution in [0.2, 0.25) is 0 Å². The smallest absolute Gasteiger partial charge is 0.159 e. The third-order valence-electron chi connectivity index (χ3n) is 4.77. The Balaban J connectivity index is 1.78. The van der Waals surface area contributed by atoms with Gasteiger partial charge in [-0.05, 0) is 43.7 Å². The molecule has 1 aliphatic heterocycles. The number of benzene rings is 2. The molecule has 1 aliphatic rings. The van der Waals surface area contributed by atoms with E-state index < -0.39 is 0 Å². The summed E-state index contributed by atoms with van der Waals surface area (Å²) in [6.45, 7) is 4.93. The highest BCUT2D eigenvalue weighted by atomic mass is 32.2. The average molecular weight is 354 g/mol. The normalized spacial score (nSPS) is 12.6. The molecule has 2 aromatic carbocycles. The number of unbranched alkanes of at least 4 members (excludes halogenated alkanes) is 5. The van der Waals surface area contributed by atoms with E-state index in [0.29, 0.717) is 0 Å². The predicted octanol–water partition coefficient (Wildman–Crippen LogP) is 6.85. The molecule has 132 valence electrons. The Morgan fingerprint density at radius 2 is 1.64 bits per heavy atom. The summed E-state index contributed by atoms with van der Waals surface area (Å²) in [6.07, 6.45) is 7.81. The summed E-state index contributed by atoms with van der Waals surface area (Å²) >= 11 is 1.77. The zero-order valence-corrected chi connectivity index (χ0v) is 16.1. The van der Waals surface area contributed by atoms with Crippen LogP contribution >= 0.6 is 11.8 Å². The van der Waals surface area contributed by atoms with Crippen molar-refractivity contribution in [3.05, 3.63) is 48.0 Å². The summed E-state index contributed by atoms with van der Waals surface area (Å²) in [5, 5.41) is 0. The number of carbonyl (C=O) groups is 1. The fraction of sp³-hybridized carbons (Fsp3) is 0.409. The van der Waals surface area contributed by atoms with Crippen molar-refractivity contribution < 1.29 is 4.79 Å². The third-order valence-corrected chi connectivity index (χ3v) is 5.88. The van der Waals surface area contributed by atoms with E-state index in [0.717, 1.165) is 12.1 Å². The molecule has 0 spiro atoms. The number of ketones is 1. The number of nitrogens with zero attached hydrogens (tertiary/aromatic N) is 1. The van der Waals surface area contributed by atoms with Gasteiger partial charge in [-0.1, -0.05) is 62.9 Å². The van der Waals surface area contributed by atoms with Crippen molar-refractivity contribution in [3.8, 4) is 0 Å². The molecule has 0 N–H and O–H groups in total. The minimum absolute atomic E-state index is 0.129. The van der Waals surface area contributed by atoms with E-state index in [9.17, 15) is 4.79 Å². The van der Waals surface area contributed by atoms with Crippen molar-refractivity contribution in [1.82, 2.24) is 0 Å². The van der Waals surface area contributed by atoms with Crippen molar-refractivity contribution in [3.63, 3.8) is 0 Å². The van der Waals surface area contributed by atoms with E-state index in [1.54, 1.807) is 18.7 Å². The summed E-state index contributed by atoms with van der Waals surface area (Å²) < 4.78 is 0. The van der Waals surface area contributed by atoms with E-state index in [-0.39, 0.29) is 5.78 Å². The molecule has 2 aromatic rings. The van der Waals surface area contributed by atoms with Gasteiger partial charge in [-0.15, -0.1) is 0 Å². The summed E-state index contributed by atoms with van der Waals surface area (Å²) in [5.41, 5.74) is 3.33. The van der Waals surface area contributed by atoms with Crippen LogP contribution in [0.4, 0.5) is 11.4 Å². The van der Waals surface area contributed by atoms with E-state index in [2.05, 4.69) is 42.2 Å². The zero-order chi connectivity index (χ0) is 17.6. The van der Waals surface area contributed by atoms with Crippen LogP contribution in [0.5, 0.6) is 0 Å². The summed E-state index contributed by atoms with van der Waals surface area (Å²) in [4.78, 5) is 16.6. The monoisotopic (exact) mass is 353 g/mol. The molecule has 25 heavy (non-hydrogen) atoms. The van der Waals surface area contributed by atoms with Crippen molar-refractivity contribution in [1.29, 1.82) is 0 Å². The number of carbonyl (C=O) groups excluding carboxylic acids is 1. The number of fused-ring (bicyclic) bond motifs is 2. The van der Waals surface area contributed by atoms with Gasteiger partial charge >= 0.3 is 0 Å². The maximum Gasteiger partial charge on any atom is 0.159 e. The first-order valence-corrected chi connectivity index (χ1v) is 10.2. The molecule has 0 bridgehead atoms. The summed E-state index contributed by atoms with van der Waals surface area (Å²) in [7, 11) is 0. The first-order chi connectivity index (χ1) is 12.2. The molecule has 0 aliphatic carbocycles. The molecule has 2 nitrogen and oxygen atoms in total. The molecule has 0 atom stereocenters. The lowest BCUT2D eigenvalue weighted by Crippen LogP contribution is -2.22. The molecule has 0 unspecified atom stereocenters. The Morgan fingerprint density at radius 3 is 2.44 bits per heavy atom. The molecular formula is C22H27NOS. The Labute approximate surface area is 155 Å². The van der Waals surface area contributed by atoms with E-state index in [4.69, 9.17) is 0 Å². The number of rotatable bonds is 8. The Bertz CT molecular complexity index is 741. The molecule has 0 radical (unpaired) electrons. The van der Waals surface area contributed by atoms with Crippen LogP contribution in [-0.4, -0.2) is 12.3 Å². The molecular weight excluding hydrogens is 326 g/mol. The van der Waals surface area contributed by atoms with Gasteiger partial charge in [-0.3, -0.25) is 4.79 Å². The van der Waals surface area contributed by atoms with Crippen LogP contribution in [0, 0.1) is 0 Å². The predicted molar refractivity (Wildman–Crippen MR) is 107 cm³/mol. The van der Waals surface area contributed by atoms with Gasteiger partial charge in [-0.25, -0.2) is 0 Å². The lowest BCUT2D eigenvalue weighted by Gasteiger charge is -2.33. The number of anilines is 2. The molecule has 0 saturated carbocycles. The van der Waals surface area contributed by atoms with Crippen LogP contribution in [0.25, 0.3) is 0 Å². The summed E-state index contributed by atoms with van der Waals surface area (Å²) in [5.74, 6) is 0.129. The SMILES string of the molecule is CCCCCCCCN1c2ccccc2Sc2cc(C(C)=O)ccc21. The van der Waals surface area contributed by atoms with Gasteiger partial charge in [-0.2, -0.15) is 0 Å². The van der Waals surface area contributed by atoms with Gasteiger partial charge in [0.05, 0.1) is 11.4 Å². The molecule has 0 aromatic heterocycles. The van der Waals surface area contributed by atoms with Crippen molar-refractivity contribution in [2.75, 3.05) is 11.4 Å². The summed E-state index contributed by atoms with van der Waals surface area (Å²) in [6, 6.07) is 14.7. The topological polar surface area (TPSA) is 20.3 Å². The van der Waals surface area contributed by atoms with Gasteiger partial charge < -0.3 is 4.90 Å². The van der Waals surface area contributed by atoms with E-state index in [1.165, 1.54) is 59.7 Å². The first-order valence-electron chi connectivity index (χ1n) is 9.40. The minimum atomic E-state index is 0.129. The van der Waals surface area contributed by atoms with Crippen molar-refractivity contribution >= 4 is 28.9 Å². The second-order valence-electron chi connectivity index (χ2n) is 6.73. The fourth-order valence-corrected chi connectivity index (χ4v) is 4.48. The Kier molecular flexibility index (Phi) is 6.19. The number of hydrogen-bond acceptors (Lipinski definition) is 3. The van der Waals surface area contributed by atoms with Gasteiger partial charge in [0.2, 0.25) is 0 Å². The quantitative estimate of drug-likeness (QED) is 0.382. The maximum absolute atomic E-state index is 11.7. The molecule has 3 rings (SSSR count). The highest BCUT2D eigenvalue weighted by Gasteiger charge is 2.23. The minimum Gasteiger partial charge on any atom is -0.340 e. The van der Waals surface area contributed by atoms with Gasteiger partial charge in [0, 0.05) is 21.9 Å². The Hall–Kier alpha value is -1.74. The zero-order valence-electron chi connectivity index (χ0n) is 15.3. The first kappa shape index (κ1) is 18.1. The molecule has 0 fully saturated rings. The van der Waals surface area contributed by atoms with Crippen molar-refractivity contribution in [2.45, 2.75) is 62.2 Å². The van der Waals surface area contributed by atoms with Gasteiger partial charge in [0.25, 0.3) is 0 Å². The molecule has 3 heteroatoms. The Morgan fingerprint density at radius 1 is 0.920 bits per heavy atom. The van der Waals surface area contributed by atoms with E-state index >= 15 is 0 Å². The third kappa shape index (κ3) is 4.27. The van der Waals surface area contributed by atoms with Crippen molar-refractivity contribution in [2.24, 2.45) is 0 Å². The van der Waals surface area contributed by atoms with Crippen LogP contribution < -0.4 is 4.90 Å². The second-order valence-corrected chi connectivity index (χ2v) is 7.81. The standard InChI is InChI=1S/C22H27NOS/c1-3-4-5-6-7-10-15-23-19-11-8-9-12-21(19)25-22-16-18(17(2)24)13-14-20(22)23/h8-9,11-14,16H,3-7,10,15H2,1-2H3. The van der Waals surface area contributed by atoms with Crippen LogP contribution in [0.3, 0.4) is 0 Å². The van der Waals surface area contributed by atoms with Gasteiger partial charge in [0.15, 0.2) is 5.78 Å². The largest absolute Gasteiger partial charge is 0.340 e. The molecule has 0 saturated heterocycles. The number of hydrogen-bond donors (Lipinski definition) is 0. The fourth-order valence-electron chi connectivity index (χ4n) is 3.34. The highest BCUT2D eigenvalue weighted by molar-refractivity contribution is 7.99. The lowest BCUT2D eigenvalue weighted by atomic mass is 10.1. The lowest BCUT2D eigenvalue weighted by molar-refractivity contribution is 0.101.